The molecule has 0 spiro atoms. The van der Waals surface area contributed by atoms with Gasteiger partial charge >= 0.3 is 6.18 Å². The van der Waals surface area contributed by atoms with Crippen LogP contribution < -0.4 is 16.8 Å². The van der Waals surface area contributed by atoms with Crippen LogP contribution in [0.2, 0.25) is 0 Å². The molecule has 1 fully saturated rings. The lowest BCUT2D eigenvalue weighted by atomic mass is 9.69. The molecule has 3 rings (SSSR count). The molecule has 1 saturated carbocycles. The molecular formula is C23H27F4N7O. The molecule has 188 valence electrons. The van der Waals surface area contributed by atoms with E-state index in [1.807, 2.05) is 19.1 Å². The van der Waals surface area contributed by atoms with E-state index in [0.29, 0.717) is 10.9 Å². The zero-order chi connectivity index (χ0) is 25.8. The van der Waals surface area contributed by atoms with Crippen molar-refractivity contribution in [2.24, 2.45) is 16.5 Å². The van der Waals surface area contributed by atoms with Gasteiger partial charge in [-0.3, -0.25) is 9.78 Å². The Kier molecular flexibility index (Phi) is 7.61. The largest absolute Gasteiger partial charge is 0.435 e. The van der Waals surface area contributed by atoms with Gasteiger partial charge in [0.1, 0.15) is 0 Å². The number of aromatic nitrogens is 3. The summed E-state index contributed by atoms with van der Waals surface area (Å²) in [6.45, 7) is 5.16. The van der Waals surface area contributed by atoms with E-state index in [9.17, 15) is 22.4 Å². The van der Waals surface area contributed by atoms with Crippen LogP contribution in [0.4, 0.5) is 17.6 Å². The minimum atomic E-state index is -4.94. The van der Waals surface area contributed by atoms with Crippen molar-refractivity contribution in [3.63, 3.8) is 0 Å². The molecule has 0 radical (unpaired) electrons. The van der Waals surface area contributed by atoms with Gasteiger partial charge in [0, 0.05) is 30.0 Å². The molecule has 2 aromatic rings. The van der Waals surface area contributed by atoms with Gasteiger partial charge in [0.2, 0.25) is 5.96 Å². The molecule has 0 saturated heterocycles. The van der Waals surface area contributed by atoms with Gasteiger partial charge in [-0.15, -0.1) is 0 Å². The molecule has 35 heavy (non-hydrogen) atoms. The summed E-state index contributed by atoms with van der Waals surface area (Å²) in [4.78, 5) is 20.8. The first-order valence-electron chi connectivity index (χ1n) is 11.0. The highest BCUT2D eigenvalue weighted by Gasteiger charge is 2.40. The van der Waals surface area contributed by atoms with Crippen LogP contribution in [-0.2, 0) is 11.6 Å². The number of aliphatic imine (C=N–C) groups is 1. The Morgan fingerprint density at radius 2 is 1.97 bits per heavy atom. The van der Waals surface area contributed by atoms with Crippen LogP contribution in [0.1, 0.15) is 59.4 Å². The van der Waals surface area contributed by atoms with Crippen molar-refractivity contribution in [3.05, 3.63) is 71.3 Å². The van der Waals surface area contributed by atoms with Crippen LogP contribution in [0.25, 0.3) is 0 Å². The highest BCUT2D eigenvalue weighted by atomic mass is 19.4. The Hall–Kier alpha value is -3.70. The Morgan fingerprint density at radius 1 is 1.29 bits per heavy atom. The van der Waals surface area contributed by atoms with E-state index in [-0.39, 0.29) is 6.54 Å². The summed E-state index contributed by atoms with van der Waals surface area (Å²) in [5.41, 5.74) is 9.55. The number of alkyl halides is 3. The van der Waals surface area contributed by atoms with E-state index in [2.05, 4.69) is 27.0 Å². The minimum Gasteiger partial charge on any atom is -0.397 e. The number of carbonyl (C=O) groups is 1. The number of carbonyl (C=O) groups excluding carboxylic acids is 1. The lowest BCUT2D eigenvalue weighted by molar-refractivity contribution is -0.141. The van der Waals surface area contributed by atoms with Gasteiger partial charge in [-0.1, -0.05) is 31.9 Å². The number of hydrogen-bond acceptors (Lipinski definition) is 5. The average Bonchev–Trinajstić information content (AvgIpc) is 3.28. The van der Waals surface area contributed by atoms with Crippen molar-refractivity contribution in [3.8, 4) is 0 Å². The Morgan fingerprint density at radius 3 is 2.54 bits per heavy atom. The SMILES string of the molecule is C=C(N)/C(F)=C\N=C(/N)n1cc(C(=O)NCC2(c3ccc(C)nc3)CCCCC2)c(C(F)(F)F)n1. The number of nitrogens with two attached hydrogens (primary N) is 2. The van der Waals surface area contributed by atoms with Crippen molar-refractivity contribution in [1.29, 1.82) is 0 Å². The van der Waals surface area contributed by atoms with Crippen LogP contribution in [-0.4, -0.2) is 33.2 Å². The van der Waals surface area contributed by atoms with Crippen LogP contribution in [0, 0.1) is 6.92 Å². The number of hydrogen-bond donors (Lipinski definition) is 3. The second-order valence-corrected chi connectivity index (χ2v) is 8.54. The molecule has 0 unspecified atom stereocenters. The second-order valence-electron chi connectivity index (χ2n) is 8.54. The lowest BCUT2D eigenvalue weighted by Gasteiger charge is -2.38. The number of aryl methyl sites for hydroxylation is 1. The van der Waals surface area contributed by atoms with Crippen LogP contribution in [0.3, 0.4) is 0 Å². The molecule has 1 aliphatic rings. The maximum atomic E-state index is 13.6. The first-order valence-corrected chi connectivity index (χ1v) is 11.0. The zero-order valence-electron chi connectivity index (χ0n) is 19.2. The predicted molar refractivity (Wildman–Crippen MR) is 123 cm³/mol. The summed E-state index contributed by atoms with van der Waals surface area (Å²) in [5.74, 6) is -2.57. The van der Waals surface area contributed by atoms with Crippen molar-refractivity contribution < 1.29 is 22.4 Å². The minimum absolute atomic E-state index is 0.134. The molecule has 0 aliphatic heterocycles. The Bertz CT molecular complexity index is 1140. The maximum Gasteiger partial charge on any atom is 0.435 e. The van der Waals surface area contributed by atoms with Gasteiger partial charge < -0.3 is 16.8 Å². The fraction of sp³-hybridized carbons (Fsp3) is 0.391. The monoisotopic (exact) mass is 493 g/mol. The van der Waals surface area contributed by atoms with Crippen molar-refractivity contribution in [1.82, 2.24) is 20.1 Å². The van der Waals surface area contributed by atoms with E-state index >= 15 is 0 Å². The molecule has 12 heteroatoms. The van der Waals surface area contributed by atoms with Gasteiger partial charge in [-0.05, 0) is 31.4 Å². The fourth-order valence-corrected chi connectivity index (χ4v) is 4.05. The van der Waals surface area contributed by atoms with Gasteiger partial charge in [-0.2, -0.15) is 18.3 Å². The third kappa shape index (κ3) is 6.06. The summed E-state index contributed by atoms with van der Waals surface area (Å²) < 4.78 is 54.9. The normalized spacial score (nSPS) is 16.7. The summed E-state index contributed by atoms with van der Waals surface area (Å²) in [5, 5.41) is 6.02. The van der Waals surface area contributed by atoms with E-state index in [4.69, 9.17) is 11.5 Å². The van der Waals surface area contributed by atoms with E-state index in [1.165, 1.54) is 0 Å². The van der Waals surface area contributed by atoms with Crippen molar-refractivity contribution >= 4 is 11.9 Å². The molecule has 0 aromatic carbocycles. The van der Waals surface area contributed by atoms with Crippen molar-refractivity contribution in [2.75, 3.05) is 6.54 Å². The molecule has 8 nitrogen and oxygen atoms in total. The number of halogens is 4. The number of nitrogens with one attached hydrogen (secondary N) is 1. The predicted octanol–water partition coefficient (Wildman–Crippen LogP) is 3.68. The van der Waals surface area contributed by atoms with Crippen LogP contribution in [0.15, 0.2) is 53.8 Å². The fourth-order valence-electron chi connectivity index (χ4n) is 4.05. The highest BCUT2D eigenvalue weighted by Crippen LogP contribution is 2.39. The maximum absolute atomic E-state index is 13.6. The summed E-state index contributed by atoms with van der Waals surface area (Å²) in [6, 6.07) is 3.82. The first-order chi connectivity index (χ1) is 16.4. The number of allylic oxidation sites excluding steroid dienone is 1. The van der Waals surface area contributed by atoms with Crippen LogP contribution in [0.5, 0.6) is 0 Å². The highest BCUT2D eigenvalue weighted by molar-refractivity contribution is 5.96. The third-order valence-corrected chi connectivity index (χ3v) is 6.00. The number of amides is 1. The summed E-state index contributed by atoms with van der Waals surface area (Å²) in [6.07, 6.45) is 2.67. The molecule has 5 N–H and O–H groups in total. The topological polar surface area (TPSA) is 124 Å². The van der Waals surface area contributed by atoms with E-state index in [0.717, 1.165) is 49.6 Å². The standard InChI is InChI=1S/C23H27F4N7O/c1-14-6-7-16(10-30-14)22(8-4-3-5-9-22)13-32-20(35)17-12-34(33-19(17)23(25,26)27)21(29)31-11-18(24)15(2)28/h6-7,10-12H,2-5,8-9,13,28H2,1H3,(H2,29,31)(H,32,35)/b18-11+. The van der Waals surface area contributed by atoms with Crippen molar-refractivity contribution in [2.45, 2.75) is 50.6 Å². The van der Waals surface area contributed by atoms with E-state index in [1.54, 1.807) is 6.20 Å². The Labute approximate surface area is 199 Å². The summed E-state index contributed by atoms with van der Waals surface area (Å²) >= 11 is 0. The number of pyridine rings is 1. The zero-order valence-corrected chi connectivity index (χ0v) is 19.2. The molecule has 0 bridgehead atoms. The molecular weight excluding hydrogens is 466 g/mol. The first kappa shape index (κ1) is 25.9. The van der Waals surface area contributed by atoms with Gasteiger partial charge in [0.25, 0.3) is 5.91 Å². The smallest absolute Gasteiger partial charge is 0.397 e. The number of nitrogens with zero attached hydrogens (tertiary/aromatic N) is 4. The summed E-state index contributed by atoms with van der Waals surface area (Å²) in [7, 11) is 0. The van der Waals surface area contributed by atoms with E-state index < -0.39 is 46.2 Å². The van der Waals surface area contributed by atoms with Gasteiger partial charge in [0.15, 0.2) is 11.5 Å². The molecule has 2 heterocycles. The van der Waals surface area contributed by atoms with Gasteiger partial charge in [0.05, 0.1) is 17.5 Å². The Balaban J connectivity index is 1.88. The molecule has 1 aliphatic carbocycles. The van der Waals surface area contributed by atoms with Gasteiger partial charge in [-0.25, -0.2) is 14.1 Å². The second kappa shape index (κ2) is 10.3. The third-order valence-electron chi connectivity index (χ3n) is 6.00. The number of rotatable bonds is 6. The molecule has 0 atom stereocenters. The van der Waals surface area contributed by atoms with Crippen LogP contribution >= 0.6 is 0 Å². The molecule has 2 aromatic heterocycles. The quantitative estimate of drug-likeness (QED) is 0.245. The molecule has 1 amide bonds. The lowest BCUT2D eigenvalue weighted by Crippen LogP contribution is -2.42. The average molecular weight is 494 g/mol.